The summed E-state index contributed by atoms with van der Waals surface area (Å²) in [7, 11) is 1.72. The van der Waals surface area contributed by atoms with Gasteiger partial charge in [-0.2, -0.15) is 0 Å². The summed E-state index contributed by atoms with van der Waals surface area (Å²) in [5.41, 5.74) is 1.86. The number of hydrogen-bond donors (Lipinski definition) is 1. The lowest BCUT2D eigenvalue weighted by Gasteiger charge is -2.17. The number of aromatic nitrogens is 3. The third-order valence-electron chi connectivity index (χ3n) is 4.31. The number of amides is 1. The molecule has 0 atom stereocenters. The summed E-state index contributed by atoms with van der Waals surface area (Å²) in [4.78, 5) is 23.7. The quantitative estimate of drug-likeness (QED) is 0.546. The normalized spacial score (nSPS) is 10.6. The topological polar surface area (TPSA) is 84.2 Å². The molecule has 0 unspecified atom stereocenters. The molecule has 1 N–H and O–H groups in total. The molecular formula is C22H19N5O2. The van der Waals surface area contributed by atoms with Crippen molar-refractivity contribution in [1.82, 2.24) is 15.1 Å². The van der Waals surface area contributed by atoms with Crippen molar-refractivity contribution in [1.29, 1.82) is 0 Å². The van der Waals surface area contributed by atoms with Gasteiger partial charge in [0.25, 0.3) is 5.91 Å². The number of nitrogens with one attached hydrogen (secondary N) is 1. The molecule has 0 bridgehead atoms. The van der Waals surface area contributed by atoms with Crippen LogP contribution in [-0.4, -0.2) is 28.1 Å². The summed E-state index contributed by atoms with van der Waals surface area (Å²) in [6.45, 7) is 1.80. The highest BCUT2D eigenvalue weighted by atomic mass is 16.5. The number of nitrogens with zero attached hydrogens (tertiary/aromatic N) is 4. The van der Waals surface area contributed by atoms with Crippen molar-refractivity contribution in [3.8, 4) is 11.4 Å². The van der Waals surface area contributed by atoms with Crippen LogP contribution in [0.1, 0.15) is 16.2 Å². The first-order valence-electron chi connectivity index (χ1n) is 9.08. The molecule has 1 amide bonds. The zero-order valence-corrected chi connectivity index (χ0v) is 16.0. The highest BCUT2D eigenvalue weighted by molar-refractivity contribution is 6.05. The third kappa shape index (κ3) is 4.14. The van der Waals surface area contributed by atoms with Crippen LogP contribution in [0.5, 0.6) is 0 Å². The molecule has 2 heterocycles. The van der Waals surface area contributed by atoms with Gasteiger partial charge in [-0.15, -0.1) is 0 Å². The fourth-order valence-corrected chi connectivity index (χ4v) is 2.83. The van der Waals surface area contributed by atoms with E-state index in [1.807, 2.05) is 60.7 Å². The maximum Gasteiger partial charge on any atom is 0.276 e. The van der Waals surface area contributed by atoms with Gasteiger partial charge in [0.2, 0.25) is 0 Å². The second-order valence-corrected chi connectivity index (χ2v) is 6.48. The van der Waals surface area contributed by atoms with Gasteiger partial charge in [0.1, 0.15) is 17.3 Å². The van der Waals surface area contributed by atoms with E-state index in [1.165, 1.54) is 0 Å². The summed E-state index contributed by atoms with van der Waals surface area (Å²) in [6.07, 6.45) is 0. The molecule has 4 aromatic rings. The van der Waals surface area contributed by atoms with Crippen molar-refractivity contribution in [3.05, 3.63) is 84.3 Å². The van der Waals surface area contributed by atoms with Crippen molar-refractivity contribution in [2.45, 2.75) is 6.92 Å². The lowest BCUT2D eigenvalue weighted by atomic mass is 10.2. The minimum atomic E-state index is -0.241. The molecule has 0 spiro atoms. The Hall–Kier alpha value is -4.00. The van der Waals surface area contributed by atoms with Gasteiger partial charge in [0, 0.05) is 30.4 Å². The van der Waals surface area contributed by atoms with Crippen LogP contribution < -0.4 is 10.2 Å². The summed E-state index contributed by atoms with van der Waals surface area (Å²) in [6, 6.07) is 22.3. The van der Waals surface area contributed by atoms with Crippen LogP contribution in [-0.2, 0) is 0 Å². The monoisotopic (exact) mass is 385 g/mol. The van der Waals surface area contributed by atoms with Crippen LogP contribution in [0.15, 0.2) is 77.3 Å². The molecule has 0 saturated heterocycles. The molecule has 0 fully saturated rings. The Morgan fingerprint density at radius 3 is 2.28 bits per heavy atom. The number of para-hydroxylation sites is 1. The van der Waals surface area contributed by atoms with Crippen LogP contribution in [0.3, 0.4) is 0 Å². The van der Waals surface area contributed by atoms with Crippen LogP contribution >= 0.6 is 0 Å². The summed E-state index contributed by atoms with van der Waals surface area (Å²) in [5, 5.41) is 7.01. The zero-order valence-electron chi connectivity index (χ0n) is 16.0. The standard InChI is InChI=1S/C22H19N5O2/c1-15-13-20(26-29-15)24-19-14-18(22(28)27(2)17-11-7-4-8-12-17)23-21(25-19)16-9-5-3-6-10-16/h3-14H,1-2H3,(H,23,24,25,26). The van der Waals surface area contributed by atoms with Crippen molar-refractivity contribution in [3.63, 3.8) is 0 Å². The molecular weight excluding hydrogens is 366 g/mol. The van der Waals surface area contributed by atoms with E-state index in [0.29, 0.717) is 23.2 Å². The number of rotatable bonds is 5. The van der Waals surface area contributed by atoms with Crippen LogP contribution in [0.25, 0.3) is 11.4 Å². The van der Waals surface area contributed by atoms with Crippen molar-refractivity contribution in [2.75, 3.05) is 17.3 Å². The van der Waals surface area contributed by atoms with Gasteiger partial charge in [0.15, 0.2) is 11.6 Å². The van der Waals surface area contributed by atoms with Crippen LogP contribution in [0, 0.1) is 6.92 Å². The first-order valence-corrected chi connectivity index (χ1v) is 9.08. The fraction of sp³-hybridized carbons (Fsp3) is 0.0909. The highest BCUT2D eigenvalue weighted by Crippen LogP contribution is 2.22. The first-order chi connectivity index (χ1) is 14.1. The summed E-state index contributed by atoms with van der Waals surface area (Å²) in [5.74, 6) is 1.84. The molecule has 2 aromatic carbocycles. The third-order valence-corrected chi connectivity index (χ3v) is 4.31. The molecule has 7 heteroatoms. The molecule has 2 aromatic heterocycles. The van der Waals surface area contributed by atoms with Crippen LogP contribution in [0.4, 0.5) is 17.3 Å². The molecule has 0 aliphatic rings. The lowest BCUT2D eigenvalue weighted by molar-refractivity contribution is 0.0988. The molecule has 0 aliphatic heterocycles. The van der Waals surface area contributed by atoms with Gasteiger partial charge in [-0.3, -0.25) is 4.79 Å². The minimum Gasteiger partial charge on any atom is -0.360 e. The van der Waals surface area contributed by atoms with Gasteiger partial charge in [0.05, 0.1) is 0 Å². The predicted octanol–water partition coefficient (Wildman–Crippen LogP) is 4.46. The van der Waals surface area contributed by atoms with Crippen LogP contribution in [0.2, 0.25) is 0 Å². The summed E-state index contributed by atoms with van der Waals surface area (Å²) < 4.78 is 5.09. The van der Waals surface area contributed by atoms with Gasteiger partial charge >= 0.3 is 0 Å². The average molecular weight is 385 g/mol. The van der Waals surface area contributed by atoms with E-state index < -0.39 is 0 Å². The number of anilines is 3. The fourth-order valence-electron chi connectivity index (χ4n) is 2.83. The van der Waals surface area contributed by atoms with E-state index in [0.717, 1.165) is 11.3 Å². The second kappa shape index (κ2) is 7.93. The van der Waals surface area contributed by atoms with E-state index in [4.69, 9.17) is 4.52 Å². The zero-order chi connectivity index (χ0) is 20.2. The second-order valence-electron chi connectivity index (χ2n) is 6.48. The Morgan fingerprint density at radius 1 is 0.931 bits per heavy atom. The van der Waals surface area contributed by atoms with E-state index in [-0.39, 0.29) is 11.6 Å². The number of carbonyl (C=O) groups is 1. The van der Waals surface area contributed by atoms with Crippen molar-refractivity contribution < 1.29 is 9.32 Å². The molecule has 4 rings (SSSR count). The number of benzene rings is 2. The Labute approximate surface area is 168 Å². The summed E-state index contributed by atoms with van der Waals surface area (Å²) >= 11 is 0. The first kappa shape index (κ1) is 18.4. The molecule has 0 aliphatic carbocycles. The number of aryl methyl sites for hydroxylation is 1. The number of carbonyl (C=O) groups excluding carboxylic acids is 1. The Morgan fingerprint density at radius 2 is 1.62 bits per heavy atom. The van der Waals surface area contributed by atoms with Gasteiger partial charge in [-0.1, -0.05) is 53.7 Å². The van der Waals surface area contributed by atoms with Gasteiger partial charge in [-0.25, -0.2) is 9.97 Å². The Kier molecular flexibility index (Phi) is 5.03. The van der Waals surface area contributed by atoms with E-state index in [9.17, 15) is 4.79 Å². The maximum atomic E-state index is 13.1. The van der Waals surface area contributed by atoms with E-state index in [2.05, 4.69) is 20.4 Å². The predicted molar refractivity (Wildman–Crippen MR) is 111 cm³/mol. The van der Waals surface area contributed by atoms with Gasteiger partial charge in [-0.05, 0) is 19.1 Å². The van der Waals surface area contributed by atoms with E-state index in [1.54, 1.807) is 31.0 Å². The minimum absolute atomic E-state index is 0.241. The van der Waals surface area contributed by atoms with Gasteiger partial charge < -0.3 is 14.7 Å². The van der Waals surface area contributed by atoms with Crippen molar-refractivity contribution >= 4 is 23.2 Å². The maximum absolute atomic E-state index is 13.1. The lowest BCUT2D eigenvalue weighted by Crippen LogP contribution is -2.27. The molecule has 0 radical (unpaired) electrons. The number of hydrogen-bond acceptors (Lipinski definition) is 6. The smallest absolute Gasteiger partial charge is 0.276 e. The Bertz CT molecular complexity index is 1130. The average Bonchev–Trinajstić information content (AvgIpc) is 3.18. The Balaban J connectivity index is 1.73. The highest BCUT2D eigenvalue weighted by Gasteiger charge is 2.18. The van der Waals surface area contributed by atoms with Crippen molar-refractivity contribution in [2.24, 2.45) is 0 Å². The largest absolute Gasteiger partial charge is 0.360 e. The molecule has 0 saturated carbocycles. The molecule has 7 nitrogen and oxygen atoms in total. The van der Waals surface area contributed by atoms with E-state index >= 15 is 0 Å². The SMILES string of the molecule is Cc1cc(Nc2cc(C(=O)N(C)c3ccccc3)nc(-c3ccccc3)n2)no1. The molecule has 29 heavy (non-hydrogen) atoms. The molecule has 144 valence electrons.